The number of carbonyl (C=O) groups excluding carboxylic acids is 2. The van der Waals surface area contributed by atoms with E-state index in [-0.39, 0.29) is 17.9 Å². The van der Waals surface area contributed by atoms with Crippen LogP contribution in [0.5, 0.6) is 0 Å². The van der Waals surface area contributed by atoms with Gasteiger partial charge in [0, 0.05) is 26.8 Å². The van der Waals surface area contributed by atoms with Gasteiger partial charge in [0.25, 0.3) is 0 Å². The molecule has 0 radical (unpaired) electrons. The molecule has 4 rings (SSSR count). The van der Waals surface area contributed by atoms with Crippen LogP contribution in [0.3, 0.4) is 0 Å². The molecule has 4 atom stereocenters. The van der Waals surface area contributed by atoms with Gasteiger partial charge in [-0.1, -0.05) is 17.3 Å². The summed E-state index contributed by atoms with van der Waals surface area (Å²) in [5.74, 6) is -0.404. The maximum absolute atomic E-state index is 13.1. The third kappa shape index (κ3) is 2.55. The van der Waals surface area contributed by atoms with Crippen LogP contribution in [0.25, 0.3) is 0 Å². The van der Waals surface area contributed by atoms with Crippen LogP contribution in [0.4, 0.5) is 0 Å². The average molecular weight is 361 g/mol. The van der Waals surface area contributed by atoms with Gasteiger partial charge in [0.05, 0.1) is 37.6 Å². The van der Waals surface area contributed by atoms with Crippen molar-refractivity contribution in [1.29, 1.82) is 0 Å². The highest BCUT2D eigenvalue weighted by Crippen LogP contribution is 2.52. The Kier molecular flexibility index (Phi) is 4.11. The third-order valence-electron chi connectivity index (χ3n) is 5.48. The van der Waals surface area contributed by atoms with Gasteiger partial charge >= 0.3 is 0 Å². The fourth-order valence-electron chi connectivity index (χ4n) is 4.32. The number of hydrogen-bond acceptors (Lipinski definition) is 6. The quantitative estimate of drug-likeness (QED) is 0.681. The Morgan fingerprint density at radius 3 is 3.04 bits per heavy atom. The molecule has 2 fully saturated rings. The molecule has 0 unspecified atom stereocenters. The largest absolute Gasteiger partial charge is 0.383 e. The molecule has 8 heteroatoms. The number of fused-ring (bicyclic) bond motifs is 1. The lowest BCUT2D eigenvalue weighted by Gasteiger charge is -2.27. The Labute approximate surface area is 151 Å². The first-order chi connectivity index (χ1) is 12.4. The van der Waals surface area contributed by atoms with Crippen LogP contribution in [-0.2, 0) is 25.6 Å². The van der Waals surface area contributed by atoms with Crippen molar-refractivity contribution in [3.8, 4) is 0 Å². The minimum atomic E-state index is -0.679. The molecule has 0 aromatic carbocycles. The zero-order valence-corrected chi connectivity index (χ0v) is 15.2. The van der Waals surface area contributed by atoms with E-state index < -0.39 is 17.4 Å². The molecular weight excluding hydrogens is 338 g/mol. The van der Waals surface area contributed by atoms with E-state index in [1.54, 1.807) is 30.0 Å². The van der Waals surface area contributed by atoms with Crippen molar-refractivity contribution in [2.24, 2.45) is 11.8 Å². The number of carbonyl (C=O) groups is 2. The van der Waals surface area contributed by atoms with E-state index in [1.807, 2.05) is 19.1 Å². The van der Waals surface area contributed by atoms with Crippen LogP contribution in [0.2, 0.25) is 0 Å². The average Bonchev–Trinajstić information content (AvgIpc) is 3.34. The van der Waals surface area contributed by atoms with Gasteiger partial charge in [0.2, 0.25) is 11.8 Å². The fraction of sp³-hybridized carbons (Fsp3) is 0.611. The number of amides is 2. The highest BCUT2D eigenvalue weighted by molar-refractivity contribution is 5.93. The van der Waals surface area contributed by atoms with Crippen LogP contribution < -0.4 is 0 Å². The van der Waals surface area contributed by atoms with E-state index in [1.165, 1.54) is 0 Å². The Balaban J connectivity index is 1.52. The predicted molar refractivity (Wildman–Crippen MR) is 89.9 cm³/mol. The summed E-state index contributed by atoms with van der Waals surface area (Å²) in [5, 5.41) is 3.94. The second kappa shape index (κ2) is 6.21. The number of aryl methyl sites for hydroxylation is 1. The van der Waals surface area contributed by atoms with Crippen molar-refractivity contribution in [2.45, 2.75) is 25.2 Å². The van der Waals surface area contributed by atoms with Gasteiger partial charge in [0.15, 0.2) is 0 Å². The lowest BCUT2D eigenvalue weighted by molar-refractivity contribution is -0.142. The minimum absolute atomic E-state index is 0.0297. The van der Waals surface area contributed by atoms with E-state index in [0.717, 1.165) is 0 Å². The molecule has 0 saturated carbocycles. The fourth-order valence-corrected chi connectivity index (χ4v) is 4.32. The van der Waals surface area contributed by atoms with E-state index in [9.17, 15) is 9.59 Å². The highest BCUT2D eigenvalue weighted by Gasteiger charge is 2.66. The van der Waals surface area contributed by atoms with Crippen molar-refractivity contribution < 1.29 is 23.6 Å². The summed E-state index contributed by atoms with van der Waals surface area (Å²) in [5.41, 5.74) is 0.00775. The molecule has 3 aliphatic heterocycles. The first-order valence-electron chi connectivity index (χ1n) is 8.77. The molecule has 3 aliphatic rings. The van der Waals surface area contributed by atoms with Crippen LogP contribution in [0, 0.1) is 18.8 Å². The van der Waals surface area contributed by atoms with Crippen LogP contribution in [-0.4, -0.2) is 72.3 Å². The molecule has 1 aromatic heterocycles. The monoisotopic (exact) mass is 361 g/mol. The summed E-state index contributed by atoms with van der Waals surface area (Å²) < 4.78 is 16.3. The summed E-state index contributed by atoms with van der Waals surface area (Å²) in [6.07, 6.45) is 3.53. The van der Waals surface area contributed by atoms with Crippen molar-refractivity contribution in [1.82, 2.24) is 15.0 Å². The van der Waals surface area contributed by atoms with Crippen molar-refractivity contribution in [3.05, 3.63) is 29.7 Å². The van der Waals surface area contributed by atoms with Gasteiger partial charge < -0.3 is 23.8 Å². The van der Waals surface area contributed by atoms with Crippen LogP contribution in [0.1, 0.15) is 11.5 Å². The zero-order chi connectivity index (χ0) is 18.5. The number of methoxy groups -OCH3 is 1. The smallest absolute Gasteiger partial charge is 0.230 e. The molecule has 0 N–H and O–H groups in total. The summed E-state index contributed by atoms with van der Waals surface area (Å²) >= 11 is 0. The van der Waals surface area contributed by atoms with Crippen LogP contribution >= 0.6 is 0 Å². The summed E-state index contributed by atoms with van der Waals surface area (Å²) in [6, 6.07) is 1.80. The SMILES string of the molecule is COCCN1C[C@]23C=C[C@H](O2)[C@@H](C(=O)N(C)Cc2cc(C)on2)[C@@H]3C1=O. The number of ether oxygens (including phenoxy) is 2. The maximum atomic E-state index is 13.1. The predicted octanol–water partition coefficient (Wildman–Crippen LogP) is 0.370. The van der Waals surface area contributed by atoms with Gasteiger partial charge in [-0.05, 0) is 6.92 Å². The molecule has 2 saturated heterocycles. The van der Waals surface area contributed by atoms with E-state index in [4.69, 9.17) is 14.0 Å². The molecule has 140 valence electrons. The molecular formula is C18H23N3O5. The van der Waals surface area contributed by atoms with Crippen LogP contribution in [0.15, 0.2) is 22.7 Å². The van der Waals surface area contributed by atoms with Crippen molar-refractivity contribution in [2.75, 3.05) is 33.9 Å². The standard InChI is InChI=1S/C18H23N3O5/c1-11-8-12(19-26-11)9-20(2)16(22)14-13-4-5-18(25-13)10-21(6-7-24-3)17(23)15(14)18/h4-5,8,13-15H,6-7,9-10H2,1-3H3/t13-,14+,15+,18-/m0/s1. The zero-order valence-electron chi connectivity index (χ0n) is 15.2. The van der Waals surface area contributed by atoms with E-state index in [2.05, 4.69) is 5.16 Å². The van der Waals surface area contributed by atoms with Gasteiger partial charge in [0.1, 0.15) is 17.1 Å². The molecule has 0 aliphatic carbocycles. The second-order valence-electron chi connectivity index (χ2n) is 7.28. The lowest BCUT2D eigenvalue weighted by Crippen LogP contribution is -2.44. The summed E-state index contributed by atoms with van der Waals surface area (Å²) in [7, 11) is 3.32. The van der Waals surface area contributed by atoms with Gasteiger partial charge in [-0.15, -0.1) is 0 Å². The van der Waals surface area contributed by atoms with Gasteiger partial charge in [-0.3, -0.25) is 9.59 Å². The summed E-state index contributed by atoms with van der Waals surface area (Å²) in [6.45, 7) is 3.59. The molecule has 26 heavy (non-hydrogen) atoms. The highest BCUT2D eigenvalue weighted by atomic mass is 16.5. The Morgan fingerprint density at radius 1 is 1.54 bits per heavy atom. The van der Waals surface area contributed by atoms with Crippen molar-refractivity contribution >= 4 is 11.8 Å². The first-order valence-corrected chi connectivity index (χ1v) is 8.77. The molecule has 1 aromatic rings. The molecule has 8 nitrogen and oxygen atoms in total. The topological polar surface area (TPSA) is 85.1 Å². The van der Waals surface area contributed by atoms with Crippen molar-refractivity contribution in [3.63, 3.8) is 0 Å². The van der Waals surface area contributed by atoms with E-state index in [0.29, 0.717) is 37.7 Å². The number of nitrogens with zero attached hydrogens (tertiary/aromatic N) is 3. The molecule has 1 spiro atoms. The van der Waals surface area contributed by atoms with E-state index >= 15 is 0 Å². The molecule has 2 bridgehead atoms. The van der Waals surface area contributed by atoms with Gasteiger partial charge in [-0.25, -0.2) is 0 Å². The molecule has 4 heterocycles. The molecule has 2 amide bonds. The Bertz CT molecular complexity index is 760. The van der Waals surface area contributed by atoms with Gasteiger partial charge in [-0.2, -0.15) is 0 Å². The minimum Gasteiger partial charge on any atom is -0.383 e. The Morgan fingerprint density at radius 2 is 2.35 bits per heavy atom. The normalized spacial score (nSPS) is 31.7. The number of aromatic nitrogens is 1. The first kappa shape index (κ1) is 17.2. The third-order valence-corrected chi connectivity index (χ3v) is 5.48. The second-order valence-corrected chi connectivity index (χ2v) is 7.28. The lowest BCUT2D eigenvalue weighted by atomic mass is 9.76. The maximum Gasteiger partial charge on any atom is 0.230 e. The number of likely N-dealkylation sites (tertiary alicyclic amines) is 1. The summed E-state index contributed by atoms with van der Waals surface area (Å²) in [4.78, 5) is 29.4. The number of rotatable bonds is 6. The number of hydrogen-bond donors (Lipinski definition) is 0. The Hall–Kier alpha value is -2.19.